The van der Waals surface area contributed by atoms with Crippen LogP contribution in [0.3, 0.4) is 0 Å². The molecule has 0 radical (unpaired) electrons. The van der Waals surface area contributed by atoms with Crippen molar-refractivity contribution < 1.29 is 18.7 Å². The summed E-state index contributed by atoms with van der Waals surface area (Å²) < 4.78 is 28.3. The number of hydrogen-bond acceptors (Lipinski definition) is 2. The lowest BCUT2D eigenvalue weighted by Gasteiger charge is -2.08. The molecule has 20 heavy (non-hydrogen) atoms. The molecule has 0 aliphatic heterocycles. The zero-order valence-electron chi connectivity index (χ0n) is 10.5. The molecule has 1 aliphatic rings. The number of hydrogen-bond donors (Lipinski definition) is 1. The number of halogens is 2. The van der Waals surface area contributed by atoms with Crippen molar-refractivity contribution in [3.8, 4) is 0 Å². The van der Waals surface area contributed by atoms with Gasteiger partial charge in [0.15, 0.2) is 5.41 Å². The Hall–Kier alpha value is -2.24. The molecule has 1 aliphatic carbocycles. The van der Waals surface area contributed by atoms with Crippen molar-refractivity contribution >= 4 is 5.97 Å². The molecule has 0 bridgehead atoms. The number of rotatable bonds is 4. The molecule has 1 heterocycles. The summed E-state index contributed by atoms with van der Waals surface area (Å²) in [7, 11) is 0. The largest absolute Gasteiger partial charge is 0.480 e. The fourth-order valence-electron chi connectivity index (χ4n) is 2.40. The van der Waals surface area contributed by atoms with E-state index >= 15 is 0 Å². The maximum atomic E-state index is 13.4. The lowest BCUT2D eigenvalue weighted by atomic mass is 9.99. The number of nitrogens with zero attached hydrogens (tertiary/aromatic N) is 2. The summed E-state index contributed by atoms with van der Waals surface area (Å²) in [6.07, 6.45) is 1.95. The third-order valence-corrected chi connectivity index (χ3v) is 3.67. The number of carbonyl (C=O) groups is 1. The minimum atomic E-state index is -3.19. The summed E-state index contributed by atoms with van der Waals surface area (Å²) in [5, 5.41) is 13.1. The third-order valence-electron chi connectivity index (χ3n) is 3.67. The summed E-state index contributed by atoms with van der Waals surface area (Å²) in [5.74, 6) is -4.69. The lowest BCUT2D eigenvalue weighted by Crippen LogP contribution is -2.26. The van der Waals surface area contributed by atoms with Crippen LogP contribution in [0.15, 0.2) is 42.7 Å². The van der Waals surface area contributed by atoms with Crippen molar-refractivity contribution in [3.63, 3.8) is 0 Å². The molecule has 0 saturated heterocycles. The zero-order chi connectivity index (χ0) is 14.4. The smallest absolute Gasteiger partial charge is 0.320 e. The van der Waals surface area contributed by atoms with E-state index in [1.807, 2.05) is 30.3 Å². The number of alkyl halides is 2. The quantitative estimate of drug-likeness (QED) is 0.933. The van der Waals surface area contributed by atoms with Crippen LogP contribution in [0.4, 0.5) is 8.78 Å². The highest BCUT2D eigenvalue weighted by Crippen LogP contribution is 2.61. The molecule has 6 heteroatoms. The van der Waals surface area contributed by atoms with Gasteiger partial charge in [0.1, 0.15) is 0 Å². The van der Waals surface area contributed by atoms with Crippen LogP contribution in [0, 0.1) is 0 Å². The van der Waals surface area contributed by atoms with E-state index in [9.17, 15) is 13.6 Å². The van der Waals surface area contributed by atoms with Crippen LogP contribution in [-0.2, 0) is 16.8 Å². The maximum absolute atomic E-state index is 13.4. The Bertz CT molecular complexity index is 654. The second-order valence-corrected chi connectivity index (χ2v) is 5.00. The number of aliphatic carboxylic acids is 1. The Morgan fingerprint density at radius 1 is 1.35 bits per heavy atom. The molecule has 1 N–H and O–H groups in total. The zero-order valence-corrected chi connectivity index (χ0v) is 10.5. The normalized spacial score (nSPS) is 23.5. The van der Waals surface area contributed by atoms with Gasteiger partial charge in [-0.2, -0.15) is 5.10 Å². The van der Waals surface area contributed by atoms with Gasteiger partial charge in [-0.25, -0.2) is 8.78 Å². The van der Waals surface area contributed by atoms with Crippen LogP contribution in [0.5, 0.6) is 0 Å². The summed E-state index contributed by atoms with van der Waals surface area (Å²) in [6, 6.07) is 9.39. The fourth-order valence-corrected chi connectivity index (χ4v) is 2.40. The molecule has 3 rings (SSSR count). The second kappa shape index (κ2) is 4.13. The van der Waals surface area contributed by atoms with E-state index in [-0.39, 0.29) is 5.56 Å². The second-order valence-electron chi connectivity index (χ2n) is 5.00. The molecule has 1 atom stereocenters. The Kier molecular flexibility index (Phi) is 2.64. The molecule has 0 amide bonds. The van der Waals surface area contributed by atoms with Gasteiger partial charge in [0.25, 0.3) is 5.92 Å². The van der Waals surface area contributed by atoms with Gasteiger partial charge in [-0.05, 0) is 5.56 Å². The standard InChI is InChI=1S/C14H12F2N2O2/c15-14(16)9-13(14,12(19)20)11-6-17-18(8-11)7-10-4-2-1-3-5-10/h1-6,8H,7,9H2,(H,19,20). The first-order chi connectivity index (χ1) is 9.46. The van der Waals surface area contributed by atoms with Gasteiger partial charge >= 0.3 is 5.97 Å². The average Bonchev–Trinajstić information content (AvgIpc) is 2.77. The highest BCUT2D eigenvalue weighted by atomic mass is 19.3. The van der Waals surface area contributed by atoms with E-state index in [2.05, 4.69) is 5.10 Å². The molecule has 4 nitrogen and oxygen atoms in total. The maximum Gasteiger partial charge on any atom is 0.320 e. The van der Waals surface area contributed by atoms with Crippen molar-refractivity contribution in [2.24, 2.45) is 0 Å². The minimum Gasteiger partial charge on any atom is -0.480 e. The molecule has 1 unspecified atom stereocenters. The highest BCUT2D eigenvalue weighted by Gasteiger charge is 2.77. The van der Waals surface area contributed by atoms with Crippen molar-refractivity contribution in [2.45, 2.75) is 24.3 Å². The first-order valence-electron chi connectivity index (χ1n) is 6.14. The van der Waals surface area contributed by atoms with Gasteiger partial charge < -0.3 is 5.11 Å². The summed E-state index contributed by atoms with van der Waals surface area (Å²) in [4.78, 5) is 11.2. The fraction of sp³-hybridized carbons (Fsp3) is 0.286. The topological polar surface area (TPSA) is 55.1 Å². The van der Waals surface area contributed by atoms with Crippen molar-refractivity contribution in [2.75, 3.05) is 0 Å². The van der Waals surface area contributed by atoms with Crippen LogP contribution in [0.25, 0.3) is 0 Å². The Labute approximate surface area is 113 Å². The summed E-state index contributed by atoms with van der Waals surface area (Å²) in [6.45, 7) is 0.419. The predicted octanol–water partition coefficient (Wildman–Crippen LogP) is 2.29. The number of aromatic nitrogens is 2. The average molecular weight is 278 g/mol. The van der Waals surface area contributed by atoms with E-state index in [1.165, 1.54) is 17.1 Å². The third kappa shape index (κ3) is 1.79. The molecule has 2 aromatic rings. The first kappa shape index (κ1) is 12.8. The van der Waals surface area contributed by atoms with E-state index in [4.69, 9.17) is 5.11 Å². The number of carboxylic acid groups (broad SMARTS) is 1. The minimum absolute atomic E-state index is 0.0610. The number of benzene rings is 1. The first-order valence-corrected chi connectivity index (χ1v) is 6.14. The van der Waals surface area contributed by atoms with E-state index < -0.39 is 23.7 Å². The molecular weight excluding hydrogens is 266 g/mol. The Morgan fingerprint density at radius 2 is 2.00 bits per heavy atom. The predicted molar refractivity (Wildman–Crippen MR) is 66.6 cm³/mol. The van der Waals surface area contributed by atoms with Crippen LogP contribution < -0.4 is 0 Å². The molecule has 1 aromatic carbocycles. The molecular formula is C14H12F2N2O2. The van der Waals surface area contributed by atoms with Crippen LogP contribution >= 0.6 is 0 Å². The molecule has 1 fully saturated rings. The lowest BCUT2D eigenvalue weighted by molar-refractivity contribution is -0.142. The van der Waals surface area contributed by atoms with Crippen LogP contribution in [0.2, 0.25) is 0 Å². The Balaban J connectivity index is 1.86. The van der Waals surface area contributed by atoms with Gasteiger partial charge in [-0.3, -0.25) is 9.48 Å². The van der Waals surface area contributed by atoms with Crippen molar-refractivity contribution in [1.29, 1.82) is 0 Å². The van der Waals surface area contributed by atoms with E-state index in [0.717, 1.165) is 5.56 Å². The SMILES string of the molecule is O=C(O)C1(c2cnn(Cc3ccccc3)c2)CC1(F)F. The van der Waals surface area contributed by atoms with Gasteiger partial charge in [-0.1, -0.05) is 30.3 Å². The number of carboxylic acids is 1. The molecule has 104 valence electrons. The van der Waals surface area contributed by atoms with Gasteiger partial charge in [-0.15, -0.1) is 0 Å². The highest BCUT2D eigenvalue weighted by molar-refractivity contribution is 5.87. The summed E-state index contributed by atoms with van der Waals surface area (Å²) in [5.41, 5.74) is -1.07. The molecule has 1 saturated carbocycles. The van der Waals surface area contributed by atoms with Crippen LogP contribution in [0.1, 0.15) is 17.5 Å². The van der Waals surface area contributed by atoms with Gasteiger partial charge in [0.05, 0.1) is 12.7 Å². The molecule has 0 spiro atoms. The van der Waals surface area contributed by atoms with Gasteiger partial charge in [0.2, 0.25) is 0 Å². The van der Waals surface area contributed by atoms with E-state index in [1.54, 1.807) is 0 Å². The van der Waals surface area contributed by atoms with Gasteiger partial charge in [0, 0.05) is 18.2 Å². The van der Waals surface area contributed by atoms with Crippen molar-refractivity contribution in [3.05, 3.63) is 53.9 Å². The Morgan fingerprint density at radius 3 is 2.55 bits per heavy atom. The molecule has 1 aromatic heterocycles. The van der Waals surface area contributed by atoms with Crippen molar-refractivity contribution in [1.82, 2.24) is 9.78 Å². The van der Waals surface area contributed by atoms with E-state index in [0.29, 0.717) is 6.54 Å². The van der Waals surface area contributed by atoms with Crippen LogP contribution in [-0.4, -0.2) is 26.8 Å². The summed E-state index contributed by atoms with van der Waals surface area (Å²) >= 11 is 0. The monoisotopic (exact) mass is 278 g/mol.